The lowest BCUT2D eigenvalue weighted by molar-refractivity contribution is -0.187. The number of rotatable bonds is 22. The molecule has 2 aromatic carbocycles. The Labute approximate surface area is 341 Å². The molecule has 2 N–H and O–H groups in total. The number of nitrogens with zero attached hydrogens (tertiary/aromatic N) is 2. The molecule has 2 fully saturated rings. The number of anilines is 1. The quantitative estimate of drug-likeness (QED) is 0.107. The van der Waals surface area contributed by atoms with Gasteiger partial charge in [0.1, 0.15) is 18.4 Å². The molecule has 13 nitrogen and oxygen atoms in total. The van der Waals surface area contributed by atoms with E-state index in [0.717, 1.165) is 43.9 Å². The molecule has 0 radical (unpaired) electrons. The van der Waals surface area contributed by atoms with Gasteiger partial charge in [0.15, 0.2) is 0 Å². The first-order valence-electron chi connectivity index (χ1n) is 20.2. The van der Waals surface area contributed by atoms with Gasteiger partial charge >= 0.3 is 12.3 Å². The Balaban J connectivity index is 0.986. The highest BCUT2D eigenvalue weighted by molar-refractivity contribution is 6.06. The molecule has 0 aromatic heterocycles. The highest BCUT2D eigenvalue weighted by Crippen LogP contribution is 2.46. The molecule has 2 unspecified atom stereocenters. The fraction of sp³-hybridized carbons (Fsp3) is 0.595. The fourth-order valence-corrected chi connectivity index (χ4v) is 7.69. The number of benzene rings is 2. The summed E-state index contributed by atoms with van der Waals surface area (Å²) in [6.45, 7) is 4.66. The Morgan fingerprint density at radius 1 is 0.949 bits per heavy atom. The summed E-state index contributed by atoms with van der Waals surface area (Å²) in [6.07, 6.45) is 0.000558. The minimum Gasteiger partial charge on any atom is -0.427 e. The van der Waals surface area contributed by atoms with Crippen molar-refractivity contribution in [3.8, 4) is 0 Å². The second kappa shape index (κ2) is 21.1. The summed E-state index contributed by atoms with van der Waals surface area (Å²) < 4.78 is 76.9. The van der Waals surface area contributed by atoms with Crippen LogP contribution in [0.2, 0.25) is 0 Å². The van der Waals surface area contributed by atoms with Crippen LogP contribution >= 0.6 is 0 Å². The molecule has 59 heavy (non-hydrogen) atoms. The average Bonchev–Trinajstić information content (AvgIpc) is 3.85. The van der Waals surface area contributed by atoms with Crippen LogP contribution < -0.4 is 10.6 Å². The molecule has 5 amide bonds. The molecular weight excluding hydrogens is 780 g/mol. The van der Waals surface area contributed by atoms with Gasteiger partial charge < -0.3 is 34.5 Å². The number of carbonyl (C=O) groups excluding carboxylic acids is 5. The molecule has 1 heterocycles. The topological polar surface area (TPSA) is 153 Å². The predicted octanol–water partition coefficient (Wildman–Crippen LogP) is 6.03. The van der Waals surface area contributed by atoms with Gasteiger partial charge in [0, 0.05) is 50.2 Å². The molecule has 1 aliphatic heterocycles. The van der Waals surface area contributed by atoms with Crippen molar-refractivity contribution in [1.29, 1.82) is 0 Å². The maximum Gasteiger partial charge on any atom is 0.418 e. The monoisotopic (exact) mass is 834 g/mol. The molecule has 1 saturated heterocycles. The third-order valence-corrected chi connectivity index (χ3v) is 11.1. The van der Waals surface area contributed by atoms with Crippen LogP contribution in [0.25, 0.3) is 0 Å². The summed E-state index contributed by atoms with van der Waals surface area (Å²) in [5, 5.41) is 5.54. The molecule has 0 bridgehead atoms. The zero-order valence-electron chi connectivity index (χ0n) is 33.6. The van der Waals surface area contributed by atoms with Gasteiger partial charge in [0.2, 0.25) is 23.3 Å². The Morgan fingerprint density at radius 2 is 1.64 bits per heavy atom. The van der Waals surface area contributed by atoms with Crippen LogP contribution in [0.3, 0.4) is 0 Å². The SMILES string of the molecule is CC1CCC(CCOCCOCCOCCC(=O)NCCCC(=O)Nc2ccc3c(c2)CC[C@@]32OC(=O)N(CC(=O)N(Cc3ccc(F)cc3)[C@@H](C)C(F)(F)F)C2=O)C1. The van der Waals surface area contributed by atoms with E-state index >= 15 is 0 Å². The Bertz CT molecular complexity index is 1780. The number of alkyl halides is 3. The zero-order valence-corrected chi connectivity index (χ0v) is 33.6. The molecule has 3 aliphatic rings. The number of carbonyl (C=O) groups is 5. The van der Waals surface area contributed by atoms with E-state index in [1.54, 1.807) is 6.07 Å². The van der Waals surface area contributed by atoms with E-state index in [2.05, 4.69) is 17.6 Å². The lowest BCUT2D eigenvalue weighted by Gasteiger charge is -2.31. The van der Waals surface area contributed by atoms with Gasteiger partial charge in [-0.1, -0.05) is 38.0 Å². The van der Waals surface area contributed by atoms with Gasteiger partial charge in [-0.3, -0.25) is 19.2 Å². The smallest absolute Gasteiger partial charge is 0.418 e. The van der Waals surface area contributed by atoms with Crippen molar-refractivity contribution < 1.29 is 60.5 Å². The number of hydrogen-bond donors (Lipinski definition) is 2. The van der Waals surface area contributed by atoms with Crippen molar-refractivity contribution in [2.24, 2.45) is 11.8 Å². The van der Waals surface area contributed by atoms with Crippen molar-refractivity contribution in [2.45, 2.75) is 96.0 Å². The summed E-state index contributed by atoms with van der Waals surface area (Å²) in [5.74, 6) is -1.54. The number of fused-ring (bicyclic) bond motifs is 2. The number of halogens is 4. The largest absolute Gasteiger partial charge is 0.427 e. The van der Waals surface area contributed by atoms with Crippen LogP contribution in [-0.2, 0) is 56.7 Å². The van der Waals surface area contributed by atoms with E-state index in [-0.39, 0.29) is 56.2 Å². The van der Waals surface area contributed by atoms with Crippen LogP contribution in [0.1, 0.15) is 81.9 Å². The summed E-state index contributed by atoms with van der Waals surface area (Å²) >= 11 is 0. The first kappa shape index (κ1) is 45.5. The number of ether oxygens (including phenoxy) is 4. The van der Waals surface area contributed by atoms with E-state index in [9.17, 15) is 41.5 Å². The van der Waals surface area contributed by atoms with Gasteiger partial charge in [0.05, 0.1) is 33.0 Å². The summed E-state index contributed by atoms with van der Waals surface area (Å²) in [5.41, 5.74) is -0.174. The molecule has 2 aromatic rings. The summed E-state index contributed by atoms with van der Waals surface area (Å²) in [7, 11) is 0. The van der Waals surface area contributed by atoms with Crippen LogP contribution in [0, 0.1) is 17.7 Å². The third kappa shape index (κ3) is 12.7. The van der Waals surface area contributed by atoms with Crippen molar-refractivity contribution in [1.82, 2.24) is 15.1 Å². The number of nitrogens with one attached hydrogen (secondary N) is 2. The average molecular weight is 835 g/mol. The predicted molar refractivity (Wildman–Crippen MR) is 206 cm³/mol. The summed E-state index contributed by atoms with van der Waals surface area (Å²) in [4.78, 5) is 65.8. The van der Waals surface area contributed by atoms with Crippen LogP contribution in [-0.4, -0.2) is 104 Å². The van der Waals surface area contributed by atoms with Crippen LogP contribution in [0.5, 0.6) is 0 Å². The van der Waals surface area contributed by atoms with E-state index in [0.29, 0.717) is 59.5 Å². The molecule has 1 spiro atoms. The number of hydrogen-bond acceptors (Lipinski definition) is 9. The Kier molecular flexibility index (Phi) is 16.2. The zero-order chi connectivity index (χ0) is 42.6. The van der Waals surface area contributed by atoms with Gasteiger partial charge in [-0.2, -0.15) is 13.2 Å². The van der Waals surface area contributed by atoms with Gasteiger partial charge in [0.25, 0.3) is 5.91 Å². The van der Waals surface area contributed by atoms with E-state index in [4.69, 9.17) is 18.9 Å². The van der Waals surface area contributed by atoms with Crippen LogP contribution in [0.15, 0.2) is 42.5 Å². The standard InChI is InChI=1S/C42H54F4N4O9/c1-28-5-6-30(24-28)14-18-56-20-22-58-23-21-57-19-15-36(51)47-17-3-4-37(52)48-34-11-12-35-32(25-34)13-16-41(35)39(54)50(40(55)59-41)27-38(53)49(29(2)42(44,45)46)26-31-7-9-33(43)10-8-31/h7-12,25,28-30H,3-6,13-24,26-27H2,1-2H3,(H,47,51)(H,48,52)/t28?,29-,30?,41+/m0/s1. The van der Waals surface area contributed by atoms with Gasteiger partial charge in [-0.05, 0) is 79.8 Å². The Hall–Kier alpha value is -4.61. The van der Waals surface area contributed by atoms with Crippen LogP contribution in [0.4, 0.5) is 28.0 Å². The molecule has 5 rings (SSSR count). The number of imide groups is 1. The lowest BCUT2D eigenvalue weighted by Crippen LogP contribution is -2.51. The molecular formula is C42H54F4N4O9. The first-order valence-corrected chi connectivity index (χ1v) is 20.2. The van der Waals surface area contributed by atoms with Crippen molar-refractivity contribution in [3.05, 3.63) is 65.0 Å². The summed E-state index contributed by atoms with van der Waals surface area (Å²) in [6, 6.07) is 7.00. The minimum absolute atomic E-state index is 0.0288. The second-order valence-corrected chi connectivity index (χ2v) is 15.5. The maximum atomic E-state index is 13.8. The number of aryl methyl sites for hydroxylation is 1. The van der Waals surface area contributed by atoms with Gasteiger partial charge in [-0.25, -0.2) is 14.1 Å². The molecule has 17 heteroatoms. The Morgan fingerprint density at radius 3 is 2.32 bits per heavy atom. The maximum absolute atomic E-state index is 13.8. The van der Waals surface area contributed by atoms with Crippen molar-refractivity contribution >= 4 is 35.4 Å². The first-order chi connectivity index (χ1) is 28.2. The highest BCUT2D eigenvalue weighted by atomic mass is 19.4. The van der Waals surface area contributed by atoms with Crippen molar-refractivity contribution in [3.63, 3.8) is 0 Å². The minimum atomic E-state index is -4.82. The number of amides is 5. The van der Waals surface area contributed by atoms with E-state index < -0.39 is 54.6 Å². The van der Waals surface area contributed by atoms with Gasteiger partial charge in [-0.15, -0.1) is 0 Å². The molecule has 4 atom stereocenters. The third-order valence-electron chi connectivity index (χ3n) is 11.1. The fourth-order valence-electron chi connectivity index (χ4n) is 7.69. The normalized spacial score (nSPS) is 20.5. The second-order valence-electron chi connectivity index (χ2n) is 15.5. The molecule has 1 saturated carbocycles. The lowest BCUT2D eigenvalue weighted by atomic mass is 9.94. The van der Waals surface area contributed by atoms with Crippen molar-refractivity contribution in [2.75, 3.05) is 58.0 Å². The molecule has 324 valence electrons. The molecule has 2 aliphatic carbocycles. The van der Waals surface area contributed by atoms with E-state index in [1.165, 1.54) is 43.5 Å². The highest BCUT2D eigenvalue weighted by Gasteiger charge is 2.58. The van der Waals surface area contributed by atoms with E-state index in [1.807, 2.05) is 0 Å².